The van der Waals surface area contributed by atoms with E-state index in [1.54, 1.807) is 0 Å². The molecule has 2 N–H and O–H groups in total. The van der Waals surface area contributed by atoms with Gasteiger partial charge in [0, 0.05) is 17.1 Å². The first kappa shape index (κ1) is 9.27. The summed E-state index contributed by atoms with van der Waals surface area (Å²) >= 11 is 5.73. The molecule has 0 aliphatic carbocycles. The van der Waals surface area contributed by atoms with Crippen LogP contribution in [0.25, 0.3) is 0 Å². The van der Waals surface area contributed by atoms with Crippen LogP contribution in [0.3, 0.4) is 0 Å². The molecule has 0 radical (unpaired) electrons. The van der Waals surface area contributed by atoms with Gasteiger partial charge in [-0.05, 0) is 18.2 Å². The summed E-state index contributed by atoms with van der Waals surface area (Å²) in [7, 11) is 0. The lowest BCUT2D eigenvalue weighted by atomic mass is 10.1. The van der Waals surface area contributed by atoms with Crippen LogP contribution in [-0.4, -0.2) is 12.6 Å². The monoisotopic (exact) mass is 214 g/mol. The van der Waals surface area contributed by atoms with Crippen LogP contribution in [0.4, 0.5) is 9.18 Å². The number of rotatable bonds is 1. The fourth-order valence-electron chi connectivity index (χ4n) is 1.42. The van der Waals surface area contributed by atoms with Crippen LogP contribution in [0.2, 0.25) is 5.02 Å². The molecule has 1 aromatic rings. The molecule has 0 saturated carbocycles. The average Bonchev–Trinajstić information content (AvgIpc) is 2.56. The lowest BCUT2D eigenvalue weighted by Gasteiger charge is -2.10. The average molecular weight is 215 g/mol. The zero-order valence-corrected chi connectivity index (χ0v) is 7.94. The van der Waals surface area contributed by atoms with Crippen LogP contribution in [-0.2, 0) is 0 Å². The summed E-state index contributed by atoms with van der Waals surface area (Å²) in [6, 6.07) is 3.68. The molecule has 2 rings (SSSR count). The van der Waals surface area contributed by atoms with Crippen LogP contribution >= 0.6 is 11.6 Å². The minimum Gasteiger partial charge on any atom is -0.336 e. The summed E-state index contributed by atoms with van der Waals surface area (Å²) in [6.07, 6.45) is 0. The number of benzene rings is 1. The van der Waals surface area contributed by atoms with E-state index in [9.17, 15) is 9.18 Å². The minimum atomic E-state index is -0.358. The molecule has 0 bridgehead atoms. The Hall–Kier alpha value is -1.29. The molecule has 5 heteroatoms. The maximum absolute atomic E-state index is 13.3. The second-order valence-corrected chi connectivity index (χ2v) is 3.51. The Balaban J connectivity index is 2.31. The molecule has 1 unspecified atom stereocenters. The molecule has 74 valence electrons. The topological polar surface area (TPSA) is 41.1 Å². The summed E-state index contributed by atoms with van der Waals surface area (Å²) in [4.78, 5) is 10.8. The summed E-state index contributed by atoms with van der Waals surface area (Å²) in [5.74, 6) is -0.358. The molecule has 1 fully saturated rings. The molecule has 3 nitrogen and oxygen atoms in total. The predicted octanol–water partition coefficient (Wildman–Crippen LogP) is 1.83. The van der Waals surface area contributed by atoms with E-state index in [-0.39, 0.29) is 17.9 Å². The van der Waals surface area contributed by atoms with Crippen molar-refractivity contribution in [1.29, 1.82) is 0 Å². The normalized spacial score (nSPS) is 20.4. The van der Waals surface area contributed by atoms with E-state index in [1.165, 1.54) is 18.2 Å². The summed E-state index contributed by atoms with van der Waals surface area (Å²) in [5, 5.41) is 5.61. The van der Waals surface area contributed by atoms with E-state index in [1.807, 2.05) is 0 Å². The van der Waals surface area contributed by atoms with Crippen LogP contribution in [0.1, 0.15) is 11.6 Å². The Labute approximate surface area is 85.3 Å². The zero-order valence-electron chi connectivity index (χ0n) is 7.18. The smallest absolute Gasteiger partial charge is 0.315 e. The zero-order chi connectivity index (χ0) is 10.1. The largest absolute Gasteiger partial charge is 0.336 e. The Morgan fingerprint density at radius 2 is 2.29 bits per heavy atom. The Bertz CT molecular complexity index is 383. The van der Waals surface area contributed by atoms with Gasteiger partial charge in [0.15, 0.2) is 0 Å². The third kappa shape index (κ3) is 1.65. The van der Waals surface area contributed by atoms with Crippen molar-refractivity contribution in [2.24, 2.45) is 0 Å². The lowest BCUT2D eigenvalue weighted by molar-refractivity contribution is 0.247. The SMILES string of the molecule is O=C1NCC(c2cc(Cl)ccc2F)N1. The summed E-state index contributed by atoms with van der Waals surface area (Å²) < 4.78 is 13.3. The quantitative estimate of drug-likeness (QED) is 0.736. The van der Waals surface area contributed by atoms with Gasteiger partial charge in [-0.15, -0.1) is 0 Å². The number of halogens is 2. The highest BCUT2D eigenvalue weighted by atomic mass is 35.5. The highest BCUT2D eigenvalue weighted by Gasteiger charge is 2.24. The molecule has 0 spiro atoms. The third-order valence-corrected chi connectivity index (χ3v) is 2.34. The fraction of sp³-hybridized carbons (Fsp3) is 0.222. The second kappa shape index (κ2) is 3.46. The van der Waals surface area contributed by atoms with Crippen molar-refractivity contribution in [3.05, 3.63) is 34.6 Å². The molecule has 1 saturated heterocycles. The van der Waals surface area contributed by atoms with Gasteiger partial charge in [0.1, 0.15) is 5.82 Å². The highest BCUT2D eigenvalue weighted by molar-refractivity contribution is 6.30. The van der Waals surface area contributed by atoms with Gasteiger partial charge in [-0.1, -0.05) is 11.6 Å². The molecular weight excluding hydrogens is 207 g/mol. The van der Waals surface area contributed by atoms with Gasteiger partial charge in [0.05, 0.1) is 6.04 Å². The first-order valence-corrected chi connectivity index (χ1v) is 4.54. The van der Waals surface area contributed by atoms with Crippen LogP contribution in [0, 0.1) is 5.82 Å². The number of hydrogen-bond acceptors (Lipinski definition) is 1. The molecule has 1 aliphatic heterocycles. The number of amides is 2. The molecule has 1 aliphatic rings. The molecule has 0 aromatic heterocycles. The van der Waals surface area contributed by atoms with Crippen LogP contribution in [0.15, 0.2) is 18.2 Å². The van der Waals surface area contributed by atoms with Gasteiger partial charge in [-0.3, -0.25) is 0 Å². The first-order valence-electron chi connectivity index (χ1n) is 4.16. The Morgan fingerprint density at radius 1 is 1.50 bits per heavy atom. The van der Waals surface area contributed by atoms with Crippen molar-refractivity contribution in [1.82, 2.24) is 10.6 Å². The maximum atomic E-state index is 13.3. The second-order valence-electron chi connectivity index (χ2n) is 3.07. The lowest BCUT2D eigenvalue weighted by Crippen LogP contribution is -2.22. The van der Waals surface area contributed by atoms with Gasteiger partial charge in [-0.25, -0.2) is 9.18 Å². The molecule has 14 heavy (non-hydrogen) atoms. The summed E-state index contributed by atoms with van der Waals surface area (Å²) in [6.45, 7) is 0.385. The number of hydrogen-bond donors (Lipinski definition) is 2. The van der Waals surface area contributed by atoms with Crippen molar-refractivity contribution >= 4 is 17.6 Å². The van der Waals surface area contributed by atoms with Gasteiger partial charge in [-0.2, -0.15) is 0 Å². The van der Waals surface area contributed by atoms with E-state index in [0.29, 0.717) is 17.1 Å². The molecule has 1 atom stereocenters. The standard InChI is InChI=1S/C9H8ClFN2O/c10-5-1-2-7(11)6(3-5)8-4-12-9(14)13-8/h1-3,8H,4H2,(H2,12,13,14). The predicted molar refractivity (Wildman–Crippen MR) is 50.7 cm³/mol. The van der Waals surface area contributed by atoms with E-state index in [0.717, 1.165) is 0 Å². The highest BCUT2D eigenvalue weighted by Crippen LogP contribution is 2.22. The first-order chi connectivity index (χ1) is 6.66. The van der Waals surface area contributed by atoms with Gasteiger partial charge in [0.25, 0.3) is 0 Å². The number of carbonyl (C=O) groups is 1. The van der Waals surface area contributed by atoms with E-state index in [4.69, 9.17) is 11.6 Å². The summed E-state index contributed by atoms with van der Waals surface area (Å²) in [5.41, 5.74) is 0.413. The Kier molecular flexibility index (Phi) is 2.29. The van der Waals surface area contributed by atoms with Gasteiger partial charge in [0.2, 0.25) is 0 Å². The van der Waals surface area contributed by atoms with Gasteiger partial charge >= 0.3 is 6.03 Å². The van der Waals surface area contributed by atoms with E-state index < -0.39 is 0 Å². The third-order valence-electron chi connectivity index (χ3n) is 2.11. The van der Waals surface area contributed by atoms with Crippen molar-refractivity contribution in [3.63, 3.8) is 0 Å². The maximum Gasteiger partial charge on any atom is 0.315 e. The number of urea groups is 1. The molecule has 1 aromatic carbocycles. The fourth-order valence-corrected chi connectivity index (χ4v) is 1.60. The van der Waals surface area contributed by atoms with Crippen LogP contribution < -0.4 is 10.6 Å². The number of carbonyl (C=O) groups excluding carboxylic acids is 1. The number of nitrogens with one attached hydrogen (secondary N) is 2. The van der Waals surface area contributed by atoms with Crippen molar-refractivity contribution in [2.45, 2.75) is 6.04 Å². The van der Waals surface area contributed by atoms with E-state index in [2.05, 4.69) is 10.6 Å². The Morgan fingerprint density at radius 3 is 2.93 bits per heavy atom. The molecular formula is C9H8ClFN2O. The van der Waals surface area contributed by atoms with Crippen molar-refractivity contribution in [3.8, 4) is 0 Å². The van der Waals surface area contributed by atoms with Crippen molar-refractivity contribution in [2.75, 3.05) is 6.54 Å². The van der Waals surface area contributed by atoms with Gasteiger partial charge < -0.3 is 10.6 Å². The minimum absolute atomic E-state index is 0.283. The van der Waals surface area contributed by atoms with Crippen LogP contribution in [0.5, 0.6) is 0 Å². The molecule has 2 amide bonds. The molecule has 1 heterocycles. The van der Waals surface area contributed by atoms with Crippen molar-refractivity contribution < 1.29 is 9.18 Å². The van der Waals surface area contributed by atoms with E-state index >= 15 is 0 Å².